The highest BCUT2D eigenvalue weighted by atomic mass is 16.3. The van der Waals surface area contributed by atoms with Crippen LogP contribution in [0.4, 0.5) is 5.69 Å². The Morgan fingerprint density at radius 2 is 1.93 bits per heavy atom. The Morgan fingerprint density at radius 1 is 1.27 bits per heavy atom. The van der Waals surface area contributed by atoms with E-state index in [1.807, 2.05) is 12.1 Å². The molecule has 1 fully saturated rings. The maximum absolute atomic E-state index is 9.57. The molecule has 0 saturated carbocycles. The van der Waals surface area contributed by atoms with Crippen LogP contribution in [0.25, 0.3) is 0 Å². The number of aliphatic hydroxyl groups is 1. The van der Waals surface area contributed by atoms with Gasteiger partial charge in [0.1, 0.15) is 5.75 Å². The number of anilines is 1. The van der Waals surface area contributed by atoms with Gasteiger partial charge >= 0.3 is 0 Å². The molecule has 1 aliphatic rings. The summed E-state index contributed by atoms with van der Waals surface area (Å²) in [6, 6.07) is 5.45. The van der Waals surface area contributed by atoms with Gasteiger partial charge in [0.25, 0.3) is 0 Å². The zero-order valence-corrected chi connectivity index (χ0v) is 8.98. The molecule has 0 radical (unpaired) electrons. The molecule has 0 amide bonds. The number of phenolic OH excluding ortho intramolecular Hbond substituents is 1. The molecule has 1 unspecified atom stereocenters. The third-order valence-electron chi connectivity index (χ3n) is 2.93. The Morgan fingerprint density at radius 3 is 2.53 bits per heavy atom. The molecule has 1 aromatic carbocycles. The second kappa shape index (κ2) is 4.11. The fourth-order valence-corrected chi connectivity index (χ4v) is 2.05. The minimum atomic E-state index is -0.618. The fraction of sp³-hybridized carbons (Fsp3) is 0.500. The van der Waals surface area contributed by atoms with Gasteiger partial charge in [-0.05, 0) is 38.0 Å². The van der Waals surface area contributed by atoms with Crippen molar-refractivity contribution in [2.45, 2.75) is 25.9 Å². The summed E-state index contributed by atoms with van der Waals surface area (Å²) in [7, 11) is 0. The normalized spacial score (nSPS) is 18.1. The second-order valence-electron chi connectivity index (χ2n) is 4.11. The molecule has 1 atom stereocenters. The Bertz CT molecular complexity index is 343. The average Bonchev–Trinajstić information content (AvgIpc) is 2.71. The molecule has 15 heavy (non-hydrogen) atoms. The van der Waals surface area contributed by atoms with E-state index in [1.54, 1.807) is 13.0 Å². The van der Waals surface area contributed by atoms with E-state index in [0.717, 1.165) is 18.8 Å². The largest absolute Gasteiger partial charge is 0.508 e. The van der Waals surface area contributed by atoms with Crippen molar-refractivity contribution in [2.24, 2.45) is 0 Å². The predicted molar refractivity (Wildman–Crippen MR) is 60.2 cm³/mol. The topological polar surface area (TPSA) is 43.7 Å². The quantitative estimate of drug-likeness (QED) is 0.780. The summed E-state index contributed by atoms with van der Waals surface area (Å²) in [6.07, 6.45) is 1.84. The van der Waals surface area contributed by atoms with Crippen LogP contribution >= 0.6 is 0 Å². The van der Waals surface area contributed by atoms with Crippen molar-refractivity contribution in [1.82, 2.24) is 0 Å². The zero-order valence-electron chi connectivity index (χ0n) is 8.98. The molecule has 0 spiro atoms. The number of phenols is 1. The van der Waals surface area contributed by atoms with Crippen molar-refractivity contribution >= 4 is 5.69 Å². The van der Waals surface area contributed by atoms with Crippen LogP contribution in [0.5, 0.6) is 5.75 Å². The molecule has 82 valence electrons. The van der Waals surface area contributed by atoms with E-state index in [4.69, 9.17) is 0 Å². The van der Waals surface area contributed by atoms with Crippen LogP contribution in [0.1, 0.15) is 31.4 Å². The van der Waals surface area contributed by atoms with Crippen molar-refractivity contribution in [2.75, 3.05) is 18.0 Å². The first-order chi connectivity index (χ1) is 7.18. The summed E-state index contributed by atoms with van der Waals surface area (Å²) in [4.78, 5) is 2.28. The first kappa shape index (κ1) is 10.3. The average molecular weight is 207 g/mol. The van der Waals surface area contributed by atoms with E-state index in [0.29, 0.717) is 5.56 Å². The lowest BCUT2D eigenvalue weighted by Gasteiger charge is -2.19. The molecule has 0 aromatic heterocycles. The van der Waals surface area contributed by atoms with Crippen LogP contribution in [0.15, 0.2) is 18.2 Å². The van der Waals surface area contributed by atoms with Crippen LogP contribution in [0, 0.1) is 0 Å². The number of aliphatic hydroxyl groups excluding tert-OH is 1. The van der Waals surface area contributed by atoms with Gasteiger partial charge in [0.15, 0.2) is 0 Å². The van der Waals surface area contributed by atoms with Crippen LogP contribution in [-0.2, 0) is 0 Å². The summed E-state index contributed by atoms with van der Waals surface area (Å²) in [5.74, 6) is 0.174. The Hall–Kier alpha value is -1.22. The predicted octanol–water partition coefficient (Wildman–Crippen LogP) is 2.05. The molecule has 3 nitrogen and oxygen atoms in total. The number of benzene rings is 1. The van der Waals surface area contributed by atoms with Crippen molar-refractivity contribution in [3.8, 4) is 5.75 Å². The number of hydrogen-bond donors (Lipinski definition) is 2. The highest BCUT2D eigenvalue weighted by Crippen LogP contribution is 2.30. The summed E-state index contributed by atoms with van der Waals surface area (Å²) in [5.41, 5.74) is 1.71. The van der Waals surface area contributed by atoms with Crippen LogP contribution in [0.3, 0.4) is 0 Å². The maximum Gasteiger partial charge on any atom is 0.121 e. The van der Waals surface area contributed by atoms with E-state index in [-0.39, 0.29) is 5.75 Å². The summed E-state index contributed by atoms with van der Waals surface area (Å²) < 4.78 is 0. The molecular weight excluding hydrogens is 190 g/mol. The minimum absolute atomic E-state index is 0.174. The van der Waals surface area contributed by atoms with Gasteiger partial charge in [-0.2, -0.15) is 0 Å². The molecular formula is C12H17NO2. The van der Waals surface area contributed by atoms with E-state index in [2.05, 4.69) is 4.90 Å². The van der Waals surface area contributed by atoms with Crippen molar-refractivity contribution < 1.29 is 10.2 Å². The molecule has 1 aliphatic heterocycles. The van der Waals surface area contributed by atoms with Gasteiger partial charge in [-0.25, -0.2) is 0 Å². The highest BCUT2D eigenvalue weighted by Gasteiger charge is 2.15. The van der Waals surface area contributed by atoms with Gasteiger partial charge in [-0.1, -0.05) is 0 Å². The Kier molecular flexibility index (Phi) is 2.82. The second-order valence-corrected chi connectivity index (χ2v) is 4.11. The van der Waals surface area contributed by atoms with Gasteiger partial charge in [-0.15, -0.1) is 0 Å². The number of hydrogen-bond acceptors (Lipinski definition) is 3. The van der Waals surface area contributed by atoms with E-state index in [9.17, 15) is 10.2 Å². The molecule has 2 N–H and O–H groups in total. The number of nitrogens with zero attached hydrogens (tertiary/aromatic N) is 1. The minimum Gasteiger partial charge on any atom is -0.508 e. The highest BCUT2D eigenvalue weighted by molar-refractivity contribution is 5.53. The van der Waals surface area contributed by atoms with E-state index < -0.39 is 6.10 Å². The van der Waals surface area contributed by atoms with Crippen molar-refractivity contribution in [3.05, 3.63) is 23.8 Å². The Labute approximate surface area is 90.0 Å². The van der Waals surface area contributed by atoms with Crippen LogP contribution in [0.2, 0.25) is 0 Å². The van der Waals surface area contributed by atoms with Gasteiger partial charge in [0.2, 0.25) is 0 Å². The summed E-state index contributed by atoms with van der Waals surface area (Å²) in [5, 5.41) is 19.1. The smallest absolute Gasteiger partial charge is 0.121 e. The number of rotatable bonds is 2. The lowest BCUT2D eigenvalue weighted by Crippen LogP contribution is -2.17. The lowest BCUT2D eigenvalue weighted by atomic mass is 10.1. The van der Waals surface area contributed by atoms with Gasteiger partial charge in [-0.3, -0.25) is 0 Å². The third kappa shape index (κ3) is 2.07. The first-order valence-corrected chi connectivity index (χ1v) is 5.44. The maximum atomic E-state index is 9.57. The summed E-state index contributed by atoms with van der Waals surface area (Å²) >= 11 is 0. The van der Waals surface area contributed by atoms with Gasteiger partial charge < -0.3 is 15.1 Å². The van der Waals surface area contributed by atoms with E-state index in [1.165, 1.54) is 12.8 Å². The van der Waals surface area contributed by atoms with Gasteiger partial charge in [0.05, 0.1) is 6.10 Å². The fourth-order valence-electron chi connectivity index (χ4n) is 2.05. The molecule has 3 heteroatoms. The zero-order chi connectivity index (χ0) is 10.8. The van der Waals surface area contributed by atoms with Crippen LogP contribution in [-0.4, -0.2) is 23.3 Å². The van der Waals surface area contributed by atoms with Crippen molar-refractivity contribution in [1.29, 1.82) is 0 Å². The lowest BCUT2D eigenvalue weighted by molar-refractivity contribution is 0.195. The van der Waals surface area contributed by atoms with E-state index >= 15 is 0 Å². The molecule has 1 aromatic rings. The molecule has 0 aliphatic carbocycles. The summed E-state index contributed by atoms with van der Waals surface area (Å²) in [6.45, 7) is 3.82. The number of aromatic hydroxyl groups is 1. The van der Waals surface area contributed by atoms with Crippen molar-refractivity contribution in [3.63, 3.8) is 0 Å². The monoisotopic (exact) mass is 207 g/mol. The first-order valence-electron chi connectivity index (χ1n) is 5.44. The standard InChI is InChI=1S/C12H17NO2/c1-9(14)11-8-10(4-5-12(11)15)13-6-2-3-7-13/h4-5,8-9,14-15H,2-3,6-7H2,1H3. The molecule has 0 bridgehead atoms. The Balaban J connectivity index is 2.29. The third-order valence-corrected chi connectivity index (χ3v) is 2.93. The molecule has 1 heterocycles. The SMILES string of the molecule is CC(O)c1cc(N2CCCC2)ccc1O. The van der Waals surface area contributed by atoms with Crippen LogP contribution < -0.4 is 4.90 Å². The molecule has 1 saturated heterocycles. The molecule has 2 rings (SSSR count). The van der Waals surface area contributed by atoms with Gasteiger partial charge in [0, 0.05) is 24.3 Å².